The number of carbonyl (C=O) groups excluding carboxylic acids is 3. The fourth-order valence-corrected chi connectivity index (χ4v) is 3.11. The zero-order valence-corrected chi connectivity index (χ0v) is 15.7. The van der Waals surface area contributed by atoms with Crippen LogP contribution in [0.4, 0.5) is 5.69 Å². The van der Waals surface area contributed by atoms with Crippen molar-refractivity contribution in [1.82, 2.24) is 9.97 Å². The summed E-state index contributed by atoms with van der Waals surface area (Å²) in [6.07, 6.45) is 1.35. The first kappa shape index (κ1) is 19.2. The standard InChI is InChI=1S/C18H15N3O6S/c1-25-17(23)10-3-4-11(18(24)26-2)13(7-10)21-14(22)8-27-15-12-5-6-28-16(12)20-9-19-15/h3-7,9H,8H2,1-2H3,(H,21,22). The van der Waals surface area contributed by atoms with Crippen LogP contribution in [-0.2, 0) is 14.3 Å². The third-order valence-corrected chi connectivity index (χ3v) is 4.51. The van der Waals surface area contributed by atoms with Crippen molar-refractivity contribution in [2.75, 3.05) is 26.1 Å². The van der Waals surface area contributed by atoms with E-state index in [2.05, 4.69) is 20.0 Å². The Morgan fingerprint density at radius 3 is 2.61 bits per heavy atom. The molecule has 0 radical (unpaired) electrons. The van der Waals surface area contributed by atoms with Gasteiger partial charge in [-0.2, -0.15) is 0 Å². The number of nitrogens with zero attached hydrogens (tertiary/aromatic N) is 2. The Balaban J connectivity index is 1.77. The second-order valence-electron chi connectivity index (χ2n) is 5.40. The molecule has 0 aliphatic carbocycles. The molecule has 1 aromatic carbocycles. The van der Waals surface area contributed by atoms with Crippen molar-refractivity contribution in [3.05, 3.63) is 47.1 Å². The molecule has 2 aromatic heterocycles. The number of hydrogen-bond acceptors (Lipinski definition) is 9. The number of anilines is 1. The van der Waals surface area contributed by atoms with Crippen LogP contribution >= 0.6 is 11.3 Å². The van der Waals surface area contributed by atoms with Gasteiger partial charge in [0.1, 0.15) is 11.2 Å². The number of aromatic nitrogens is 2. The lowest BCUT2D eigenvalue weighted by atomic mass is 10.1. The minimum absolute atomic E-state index is 0.0887. The topological polar surface area (TPSA) is 117 Å². The molecule has 1 N–H and O–H groups in total. The van der Waals surface area contributed by atoms with E-state index in [9.17, 15) is 14.4 Å². The van der Waals surface area contributed by atoms with Crippen molar-refractivity contribution in [1.29, 1.82) is 0 Å². The Labute approximate surface area is 163 Å². The molecule has 0 atom stereocenters. The summed E-state index contributed by atoms with van der Waals surface area (Å²) >= 11 is 1.43. The quantitative estimate of drug-likeness (QED) is 0.625. The number of thiophene rings is 1. The molecule has 0 aliphatic heterocycles. The molecule has 0 saturated carbocycles. The third-order valence-electron chi connectivity index (χ3n) is 3.69. The number of fused-ring (bicyclic) bond motifs is 1. The van der Waals surface area contributed by atoms with Crippen LogP contribution in [0.25, 0.3) is 10.2 Å². The molecule has 0 bridgehead atoms. The molecule has 144 valence electrons. The van der Waals surface area contributed by atoms with Gasteiger partial charge in [-0.05, 0) is 29.6 Å². The maximum atomic E-state index is 12.3. The van der Waals surface area contributed by atoms with Gasteiger partial charge in [-0.25, -0.2) is 19.6 Å². The smallest absolute Gasteiger partial charge is 0.339 e. The zero-order valence-electron chi connectivity index (χ0n) is 14.9. The van der Waals surface area contributed by atoms with Crippen LogP contribution in [0.1, 0.15) is 20.7 Å². The Bertz CT molecular complexity index is 1050. The van der Waals surface area contributed by atoms with Gasteiger partial charge in [0, 0.05) is 0 Å². The molecule has 3 rings (SSSR count). The van der Waals surface area contributed by atoms with Gasteiger partial charge >= 0.3 is 11.9 Å². The largest absolute Gasteiger partial charge is 0.467 e. The van der Waals surface area contributed by atoms with E-state index in [4.69, 9.17) is 9.47 Å². The van der Waals surface area contributed by atoms with Crippen LogP contribution in [0.15, 0.2) is 36.0 Å². The predicted octanol–water partition coefficient (Wildman–Crippen LogP) is 2.28. The van der Waals surface area contributed by atoms with Crippen LogP contribution < -0.4 is 10.1 Å². The molecule has 0 spiro atoms. The molecule has 0 unspecified atom stereocenters. The van der Waals surface area contributed by atoms with Gasteiger partial charge in [0.15, 0.2) is 6.61 Å². The van der Waals surface area contributed by atoms with E-state index in [0.29, 0.717) is 5.39 Å². The highest BCUT2D eigenvalue weighted by molar-refractivity contribution is 7.16. The third kappa shape index (κ3) is 4.07. The minimum atomic E-state index is -0.664. The van der Waals surface area contributed by atoms with Gasteiger partial charge in [0.05, 0.1) is 36.4 Å². The normalized spacial score (nSPS) is 10.4. The first-order chi connectivity index (χ1) is 13.5. The summed E-state index contributed by atoms with van der Waals surface area (Å²) in [5.74, 6) is -1.54. The van der Waals surface area contributed by atoms with Gasteiger partial charge in [0.25, 0.3) is 5.91 Å². The summed E-state index contributed by atoms with van der Waals surface area (Å²) in [6.45, 7) is -0.356. The minimum Gasteiger partial charge on any atom is -0.467 e. The van der Waals surface area contributed by atoms with E-state index in [0.717, 1.165) is 4.83 Å². The molecule has 10 heteroatoms. The first-order valence-corrected chi connectivity index (χ1v) is 8.83. The lowest BCUT2D eigenvalue weighted by molar-refractivity contribution is -0.118. The van der Waals surface area contributed by atoms with Crippen LogP contribution in [0.2, 0.25) is 0 Å². The van der Waals surface area contributed by atoms with Gasteiger partial charge in [-0.3, -0.25) is 4.79 Å². The summed E-state index contributed by atoms with van der Waals surface area (Å²) in [6, 6.07) is 5.90. The van der Waals surface area contributed by atoms with Crippen molar-refractivity contribution in [2.45, 2.75) is 0 Å². The number of nitrogens with one attached hydrogen (secondary N) is 1. The molecule has 0 aliphatic rings. The van der Waals surface area contributed by atoms with Crippen molar-refractivity contribution in [3.63, 3.8) is 0 Å². The fourth-order valence-electron chi connectivity index (χ4n) is 2.38. The number of methoxy groups -OCH3 is 2. The van der Waals surface area contributed by atoms with Gasteiger partial charge in [0.2, 0.25) is 5.88 Å². The summed E-state index contributed by atoms with van der Waals surface area (Å²) in [7, 11) is 2.45. The average molecular weight is 401 g/mol. The highest BCUT2D eigenvalue weighted by atomic mass is 32.1. The number of rotatable bonds is 6. The fraction of sp³-hybridized carbons (Fsp3) is 0.167. The molecule has 3 aromatic rings. The SMILES string of the molecule is COC(=O)c1ccc(C(=O)OC)c(NC(=O)COc2ncnc3sccc23)c1. The second-order valence-corrected chi connectivity index (χ2v) is 6.29. The maximum Gasteiger partial charge on any atom is 0.339 e. The molecular weight excluding hydrogens is 386 g/mol. The van der Waals surface area contributed by atoms with Crippen molar-refractivity contribution < 1.29 is 28.6 Å². The molecule has 2 heterocycles. The zero-order chi connectivity index (χ0) is 20.1. The van der Waals surface area contributed by atoms with Gasteiger partial charge in [-0.15, -0.1) is 11.3 Å². The molecule has 1 amide bonds. The number of esters is 2. The summed E-state index contributed by atoms with van der Waals surface area (Å²) in [4.78, 5) is 44.8. The number of carbonyl (C=O) groups is 3. The first-order valence-electron chi connectivity index (χ1n) is 7.95. The monoisotopic (exact) mass is 401 g/mol. The van der Waals surface area contributed by atoms with E-state index in [1.54, 1.807) is 6.07 Å². The van der Waals surface area contributed by atoms with Crippen LogP contribution in [0.3, 0.4) is 0 Å². The molecule has 0 saturated heterocycles. The summed E-state index contributed by atoms with van der Waals surface area (Å²) in [5, 5.41) is 5.08. The van der Waals surface area contributed by atoms with E-state index in [-0.39, 0.29) is 29.3 Å². The van der Waals surface area contributed by atoms with Crippen molar-refractivity contribution in [2.24, 2.45) is 0 Å². The molecule has 9 nitrogen and oxygen atoms in total. The lowest BCUT2D eigenvalue weighted by Crippen LogP contribution is -2.22. The Morgan fingerprint density at radius 1 is 1.07 bits per heavy atom. The second kappa shape index (κ2) is 8.44. The molecule has 0 fully saturated rings. The number of hydrogen-bond donors (Lipinski definition) is 1. The van der Waals surface area contributed by atoms with E-state index < -0.39 is 17.8 Å². The lowest BCUT2D eigenvalue weighted by Gasteiger charge is -2.12. The van der Waals surface area contributed by atoms with Gasteiger partial charge < -0.3 is 19.5 Å². The average Bonchev–Trinajstić information content (AvgIpc) is 3.20. The molecular formula is C18H15N3O6S. The Hall–Kier alpha value is -3.53. The van der Waals surface area contributed by atoms with E-state index >= 15 is 0 Å². The number of ether oxygens (including phenoxy) is 3. The van der Waals surface area contributed by atoms with Crippen LogP contribution in [0, 0.1) is 0 Å². The summed E-state index contributed by atoms with van der Waals surface area (Å²) < 4.78 is 14.8. The number of benzene rings is 1. The predicted molar refractivity (Wildman–Crippen MR) is 101 cm³/mol. The van der Waals surface area contributed by atoms with Crippen molar-refractivity contribution >= 4 is 45.1 Å². The van der Waals surface area contributed by atoms with E-state index in [1.165, 1.54) is 50.1 Å². The summed E-state index contributed by atoms with van der Waals surface area (Å²) in [5.41, 5.74) is 0.361. The highest BCUT2D eigenvalue weighted by Gasteiger charge is 2.18. The van der Waals surface area contributed by atoms with Crippen molar-refractivity contribution in [3.8, 4) is 5.88 Å². The molecule has 28 heavy (non-hydrogen) atoms. The van der Waals surface area contributed by atoms with Gasteiger partial charge in [-0.1, -0.05) is 0 Å². The highest BCUT2D eigenvalue weighted by Crippen LogP contribution is 2.25. The Kier molecular flexibility index (Phi) is 5.80. The maximum absolute atomic E-state index is 12.3. The number of amides is 1. The van der Waals surface area contributed by atoms with Crippen LogP contribution in [0.5, 0.6) is 5.88 Å². The van der Waals surface area contributed by atoms with Crippen LogP contribution in [-0.4, -0.2) is 48.6 Å². The van der Waals surface area contributed by atoms with E-state index in [1.807, 2.05) is 5.38 Å². The Morgan fingerprint density at radius 2 is 1.86 bits per heavy atom.